The summed E-state index contributed by atoms with van der Waals surface area (Å²) in [6.45, 7) is 0. The fourth-order valence-electron chi connectivity index (χ4n) is 3.30. The molecule has 0 aliphatic heterocycles. The minimum atomic E-state index is -1.90. The number of hydrogen-bond acceptors (Lipinski definition) is 4. The molecule has 0 amide bonds. The van der Waals surface area contributed by atoms with Crippen molar-refractivity contribution in [3.8, 4) is 11.1 Å². The lowest BCUT2D eigenvalue weighted by Crippen LogP contribution is -2.32. The number of benzene rings is 4. The first kappa shape index (κ1) is 16.3. The van der Waals surface area contributed by atoms with Gasteiger partial charge in [-0.3, -0.25) is 10.1 Å². The summed E-state index contributed by atoms with van der Waals surface area (Å²) in [5, 5.41) is 34.5. The van der Waals surface area contributed by atoms with E-state index in [4.69, 9.17) is 0 Å². The Bertz CT molecular complexity index is 1160. The second-order valence-electron chi connectivity index (χ2n) is 6.13. The first-order chi connectivity index (χ1) is 12.5. The van der Waals surface area contributed by atoms with Crippen molar-refractivity contribution in [2.45, 2.75) is 0 Å². The summed E-state index contributed by atoms with van der Waals surface area (Å²) in [5.41, 5.74) is 1.11. The van der Waals surface area contributed by atoms with Gasteiger partial charge >= 0.3 is 7.12 Å². The third-order valence-electron chi connectivity index (χ3n) is 4.58. The highest BCUT2D eigenvalue weighted by Crippen LogP contribution is 2.30. The van der Waals surface area contributed by atoms with E-state index in [0.29, 0.717) is 5.56 Å². The molecule has 4 rings (SSSR count). The van der Waals surface area contributed by atoms with Crippen LogP contribution in [0, 0.1) is 10.1 Å². The molecule has 0 heterocycles. The molecule has 0 aliphatic carbocycles. The van der Waals surface area contributed by atoms with Crippen LogP contribution < -0.4 is 5.46 Å². The molecule has 2 N–H and O–H groups in total. The third kappa shape index (κ3) is 2.71. The number of hydrogen-bond donors (Lipinski definition) is 2. The van der Waals surface area contributed by atoms with Gasteiger partial charge in [-0.15, -0.1) is 0 Å². The van der Waals surface area contributed by atoms with E-state index < -0.39 is 12.0 Å². The maximum absolute atomic E-state index is 11.1. The Morgan fingerprint density at radius 3 is 2.19 bits per heavy atom. The molecule has 0 saturated heterocycles. The topological polar surface area (TPSA) is 83.6 Å². The zero-order chi connectivity index (χ0) is 18.3. The van der Waals surface area contributed by atoms with Crippen LogP contribution in [0.3, 0.4) is 0 Å². The molecule has 0 aromatic heterocycles. The van der Waals surface area contributed by atoms with Crippen molar-refractivity contribution in [3.63, 3.8) is 0 Å². The van der Waals surface area contributed by atoms with Gasteiger partial charge in [-0.05, 0) is 50.9 Å². The molecular weight excluding hydrogens is 329 g/mol. The quantitative estimate of drug-likeness (QED) is 0.259. The molecule has 0 unspecified atom stereocenters. The highest BCUT2D eigenvalue weighted by atomic mass is 16.6. The molecule has 26 heavy (non-hydrogen) atoms. The number of nitro groups is 1. The van der Waals surface area contributed by atoms with Crippen LogP contribution in [0.1, 0.15) is 0 Å². The number of nitro benzene ring substituents is 1. The van der Waals surface area contributed by atoms with Crippen LogP contribution in [0.4, 0.5) is 5.69 Å². The zero-order valence-electron chi connectivity index (χ0n) is 13.7. The molecule has 0 spiro atoms. The highest BCUT2D eigenvalue weighted by Gasteiger charge is 2.24. The molecule has 5 nitrogen and oxygen atoms in total. The van der Waals surface area contributed by atoms with Gasteiger partial charge in [0.05, 0.1) is 10.4 Å². The van der Waals surface area contributed by atoms with Crippen molar-refractivity contribution in [2.24, 2.45) is 0 Å². The molecule has 4 aromatic rings. The van der Waals surface area contributed by atoms with Gasteiger partial charge in [0.2, 0.25) is 0 Å². The molecule has 4 aromatic carbocycles. The van der Waals surface area contributed by atoms with Gasteiger partial charge in [-0.2, -0.15) is 0 Å². The average Bonchev–Trinajstić information content (AvgIpc) is 2.66. The predicted molar refractivity (Wildman–Crippen MR) is 103 cm³/mol. The van der Waals surface area contributed by atoms with Crippen LogP contribution in [0.25, 0.3) is 32.7 Å². The van der Waals surface area contributed by atoms with E-state index in [-0.39, 0.29) is 11.2 Å². The maximum Gasteiger partial charge on any atom is 0.495 e. The van der Waals surface area contributed by atoms with Crippen LogP contribution in [0.15, 0.2) is 72.8 Å². The normalized spacial score (nSPS) is 11.0. The van der Waals surface area contributed by atoms with Gasteiger partial charge < -0.3 is 10.0 Å². The molecule has 0 atom stereocenters. The van der Waals surface area contributed by atoms with Crippen LogP contribution in [0.2, 0.25) is 0 Å². The first-order valence-electron chi connectivity index (χ1n) is 8.11. The molecule has 0 bridgehead atoms. The molecule has 0 aliphatic rings. The van der Waals surface area contributed by atoms with Crippen molar-refractivity contribution in [1.82, 2.24) is 0 Å². The first-order valence-corrected chi connectivity index (χ1v) is 8.11. The smallest absolute Gasteiger partial charge is 0.423 e. The number of fused-ring (bicyclic) bond motifs is 3. The molecule has 0 fully saturated rings. The fraction of sp³-hybridized carbons (Fsp3) is 0. The standard InChI is InChI=1S/C20H14BNO4/c23-21(24)19-12-15(8-10-20(19)22(25)26)14-7-9-18-16(11-14)6-5-13-3-1-2-4-17(13)18/h1-12,23-24H. The molecule has 6 heteroatoms. The summed E-state index contributed by atoms with van der Waals surface area (Å²) in [7, 11) is -1.90. The second-order valence-corrected chi connectivity index (χ2v) is 6.13. The number of rotatable bonds is 3. The van der Waals surface area contributed by atoms with E-state index in [1.165, 1.54) is 12.1 Å². The lowest BCUT2D eigenvalue weighted by molar-refractivity contribution is -0.383. The van der Waals surface area contributed by atoms with Crippen LogP contribution in [-0.4, -0.2) is 22.1 Å². The van der Waals surface area contributed by atoms with Gasteiger partial charge in [0.1, 0.15) is 0 Å². The highest BCUT2D eigenvalue weighted by molar-refractivity contribution is 6.60. The van der Waals surface area contributed by atoms with Crippen molar-refractivity contribution >= 4 is 39.8 Å². The average molecular weight is 343 g/mol. The summed E-state index contributed by atoms with van der Waals surface area (Å²) in [6.07, 6.45) is 0. The van der Waals surface area contributed by atoms with E-state index in [1.807, 2.05) is 36.4 Å². The van der Waals surface area contributed by atoms with E-state index >= 15 is 0 Å². The largest absolute Gasteiger partial charge is 0.495 e. The van der Waals surface area contributed by atoms with Crippen molar-refractivity contribution < 1.29 is 15.0 Å². The van der Waals surface area contributed by atoms with Crippen molar-refractivity contribution in [1.29, 1.82) is 0 Å². The van der Waals surface area contributed by atoms with Crippen LogP contribution in [-0.2, 0) is 0 Å². The van der Waals surface area contributed by atoms with E-state index in [0.717, 1.165) is 27.1 Å². The van der Waals surface area contributed by atoms with Crippen LogP contribution >= 0.6 is 0 Å². The molecular formula is C20H14BNO4. The Balaban J connectivity index is 1.88. The van der Waals surface area contributed by atoms with E-state index in [2.05, 4.69) is 18.2 Å². The summed E-state index contributed by atoms with van der Waals surface area (Å²) in [4.78, 5) is 10.4. The Labute approximate surface area is 149 Å². The lowest BCUT2D eigenvalue weighted by Gasteiger charge is -2.09. The fourth-order valence-corrected chi connectivity index (χ4v) is 3.30. The Morgan fingerprint density at radius 2 is 1.42 bits per heavy atom. The molecule has 126 valence electrons. The SMILES string of the molecule is O=[N+]([O-])c1ccc(-c2ccc3c(ccc4ccccc43)c2)cc1B(O)O. The van der Waals surface area contributed by atoms with Gasteiger partial charge in [0, 0.05) is 6.07 Å². The van der Waals surface area contributed by atoms with Crippen molar-refractivity contribution in [3.05, 3.63) is 82.9 Å². The summed E-state index contributed by atoms with van der Waals surface area (Å²) in [6, 6.07) is 22.5. The van der Waals surface area contributed by atoms with E-state index in [1.54, 1.807) is 6.07 Å². The van der Waals surface area contributed by atoms with Gasteiger partial charge in [-0.1, -0.05) is 48.5 Å². The monoisotopic (exact) mass is 343 g/mol. The summed E-state index contributed by atoms with van der Waals surface area (Å²) < 4.78 is 0. The molecule has 0 radical (unpaired) electrons. The summed E-state index contributed by atoms with van der Waals surface area (Å²) >= 11 is 0. The van der Waals surface area contributed by atoms with Gasteiger partial charge in [0.15, 0.2) is 0 Å². The predicted octanol–water partition coefficient (Wildman–Crippen LogP) is 3.25. The zero-order valence-corrected chi connectivity index (χ0v) is 13.7. The van der Waals surface area contributed by atoms with Crippen LogP contribution in [0.5, 0.6) is 0 Å². The molecule has 0 saturated carbocycles. The Morgan fingerprint density at radius 1 is 0.769 bits per heavy atom. The van der Waals surface area contributed by atoms with Gasteiger partial charge in [0.25, 0.3) is 5.69 Å². The number of nitrogens with zero attached hydrogens (tertiary/aromatic N) is 1. The summed E-state index contributed by atoms with van der Waals surface area (Å²) in [5.74, 6) is 0. The van der Waals surface area contributed by atoms with Gasteiger partial charge in [-0.25, -0.2) is 0 Å². The third-order valence-corrected chi connectivity index (χ3v) is 4.58. The minimum absolute atomic E-state index is 0.119. The van der Waals surface area contributed by atoms with Crippen molar-refractivity contribution in [2.75, 3.05) is 0 Å². The second kappa shape index (κ2) is 6.26. The Kier molecular flexibility index (Phi) is 3.91. The maximum atomic E-state index is 11.1. The Hall–Kier alpha value is -3.22. The lowest BCUT2D eigenvalue weighted by atomic mass is 9.77. The van der Waals surface area contributed by atoms with E-state index in [9.17, 15) is 20.2 Å². The minimum Gasteiger partial charge on any atom is -0.423 e.